The molecule has 10 nitrogen and oxygen atoms in total. The van der Waals surface area contributed by atoms with E-state index in [4.69, 9.17) is 9.72 Å². The number of nitrogens with one attached hydrogen (secondary N) is 3. The van der Waals surface area contributed by atoms with E-state index in [9.17, 15) is 23.2 Å². The molecule has 1 aliphatic heterocycles. The molecule has 0 spiro atoms. The van der Waals surface area contributed by atoms with Crippen molar-refractivity contribution < 1.29 is 27.9 Å². The van der Waals surface area contributed by atoms with Crippen LogP contribution in [0.4, 0.5) is 25.1 Å². The van der Waals surface area contributed by atoms with Gasteiger partial charge >= 0.3 is 6.09 Å². The summed E-state index contributed by atoms with van der Waals surface area (Å²) in [4.78, 5) is 45.2. The smallest absolute Gasteiger partial charge is 0.408 e. The van der Waals surface area contributed by atoms with Gasteiger partial charge < -0.3 is 25.6 Å². The Balaban J connectivity index is 1.60. The van der Waals surface area contributed by atoms with E-state index < -0.39 is 35.3 Å². The summed E-state index contributed by atoms with van der Waals surface area (Å²) in [5, 5.41) is 8.58. The second-order valence-corrected chi connectivity index (χ2v) is 11.5. The Morgan fingerprint density at radius 3 is 2.45 bits per heavy atom. The number of halogens is 2. The van der Waals surface area contributed by atoms with Crippen molar-refractivity contribution in [1.82, 2.24) is 25.1 Å². The van der Waals surface area contributed by atoms with Gasteiger partial charge in [0.2, 0.25) is 11.8 Å². The van der Waals surface area contributed by atoms with Crippen LogP contribution >= 0.6 is 0 Å². The summed E-state index contributed by atoms with van der Waals surface area (Å²) in [6.07, 6.45) is 4.78. The molecule has 1 aliphatic rings. The molecule has 234 valence electrons. The molecule has 0 bridgehead atoms. The zero-order chi connectivity index (χ0) is 31.9. The summed E-state index contributed by atoms with van der Waals surface area (Å²) in [6, 6.07) is 10.5. The molecule has 1 unspecified atom stereocenters. The van der Waals surface area contributed by atoms with E-state index in [1.807, 2.05) is 0 Å². The van der Waals surface area contributed by atoms with Crippen LogP contribution in [0.15, 0.2) is 54.7 Å². The normalized spacial score (nSPS) is 13.2. The van der Waals surface area contributed by atoms with Crippen LogP contribution in [0.1, 0.15) is 59.2 Å². The minimum atomic E-state index is -1.21. The van der Waals surface area contributed by atoms with E-state index in [0.29, 0.717) is 35.1 Å². The molecule has 2 aromatic carbocycles. The second kappa shape index (κ2) is 14.2. The minimum Gasteiger partial charge on any atom is -0.444 e. The van der Waals surface area contributed by atoms with Gasteiger partial charge in [-0.15, -0.1) is 0 Å². The van der Waals surface area contributed by atoms with E-state index in [-0.39, 0.29) is 18.9 Å². The highest BCUT2D eigenvalue weighted by Gasteiger charge is 2.32. The molecule has 4 rings (SSSR count). The highest BCUT2D eigenvalue weighted by atomic mass is 19.1. The maximum absolute atomic E-state index is 14.2. The van der Waals surface area contributed by atoms with Crippen LogP contribution in [0.25, 0.3) is 17.5 Å². The quantitative estimate of drug-likeness (QED) is 0.232. The summed E-state index contributed by atoms with van der Waals surface area (Å²) < 4.78 is 34.8. The van der Waals surface area contributed by atoms with Gasteiger partial charge in [-0.1, -0.05) is 31.9 Å². The molecular weight excluding hydrogens is 570 g/mol. The van der Waals surface area contributed by atoms with Crippen molar-refractivity contribution in [3.8, 4) is 11.3 Å². The molecule has 3 N–H and O–H groups in total. The molecule has 0 radical (unpaired) electrons. The molecule has 2 heterocycles. The zero-order valence-corrected chi connectivity index (χ0v) is 25.3. The second-order valence-electron chi connectivity index (χ2n) is 11.5. The Hall–Kier alpha value is -4.74. The lowest BCUT2D eigenvalue weighted by Crippen LogP contribution is -2.50. The maximum Gasteiger partial charge on any atom is 0.408 e. The van der Waals surface area contributed by atoms with Gasteiger partial charge in [-0.2, -0.15) is 0 Å². The van der Waals surface area contributed by atoms with E-state index >= 15 is 0 Å². The Bertz CT molecular complexity index is 1510. The fourth-order valence-corrected chi connectivity index (χ4v) is 4.59. The fraction of sp³-hybridized carbons (Fsp3) is 0.375. The first-order valence-electron chi connectivity index (χ1n) is 14.6. The molecule has 1 atom stereocenters. The van der Waals surface area contributed by atoms with Crippen molar-refractivity contribution in [2.45, 2.75) is 71.6 Å². The van der Waals surface area contributed by atoms with E-state index in [0.717, 1.165) is 19.3 Å². The molecule has 3 amide bonds. The molecule has 1 aromatic heterocycles. The summed E-state index contributed by atoms with van der Waals surface area (Å²) in [5.41, 5.74) is 0.673. The average Bonchev–Trinajstić information content (AvgIpc) is 3.32. The number of anilines is 2. The molecule has 0 aliphatic carbocycles. The Kier molecular flexibility index (Phi) is 10.4. The predicted octanol–water partition coefficient (Wildman–Crippen LogP) is 5.93. The number of alkyl carbamates (subject to hydrolysis) is 1. The highest BCUT2D eigenvalue weighted by Crippen LogP contribution is 2.34. The van der Waals surface area contributed by atoms with Crippen LogP contribution in [0, 0.1) is 11.6 Å². The topological polar surface area (TPSA) is 118 Å². The lowest BCUT2D eigenvalue weighted by molar-refractivity contribution is -0.134. The van der Waals surface area contributed by atoms with E-state index in [1.54, 1.807) is 55.8 Å². The summed E-state index contributed by atoms with van der Waals surface area (Å²) in [7, 11) is 0. The molecule has 0 saturated carbocycles. The number of rotatable bonds is 11. The lowest BCUT2D eigenvalue weighted by Gasteiger charge is -2.28. The van der Waals surface area contributed by atoms with Crippen LogP contribution in [0.5, 0.6) is 0 Å². The van der Waals surface area contributed by atoms with Gasteiger partial charge in [0.1, 0.15) is 40.6 Å². The lowest BCUT2D eigenvalue weighted by atomic mass is 10.1. The van der Waals surface area contributed by atoms with Gasteiger partial charge in [0.05, 0.1) is 13.0 Å². The third kappa shape index (κ3) is 8.65. The van der Waals surface area contributed by atoms with Crippen molar-refractivity contribution in [2.24, 2.45) is 0 Å². The highest BCUT2D eigenvalue weighted by molar-refractivity contribution is 5.92. The molecule has 12 heteroatoms. The van der Waals surface area contributed by atoms with Gasteiger partial charge in [0, 0.05) is 30.2 Å². The number of amides is 3. The monoisotopic (exact) mass is 608 g/mol. The third-order valence-corrected chi connectivity index (χ3v) is 6.66. The van der Waals surface area contributed by atoms with Crippen LogP contribution in [-0.4, -0.2) is 50.5 Å². The Morgan fingerprint density at radius 2 is 1.77 bits per heavy atom. The van der Waals surface area contributed by atoms with Gasteiger partial charge in [-0.05, 0) is 63.6 Å². The maximum atomic E-state index is 14.2. The number of aromatic nitrogens is 2. The van der Waals surface area contributed by atoms with Crippen LogP contribution in [0.3, 0.4) is 0 Å². The third-order valence-electron chi connectivity index (χ3n) is 6.66. The summed E-state index contributed by atoms with van der Waals surface area (Å²) in [6.45, 7) is 7.61. The molecule has 3 aromatic rings. The van der Waals surface area contributed by atoms with Gasteiger partial charge in [-0.3, -0.25) is 14.2 Å². The minimum absolute atomic E-state index is 0.00658. The number of ether oxygens (including phenoxy) is 1. The van der Waals surface area contributed by atoms with Crippen molar-refractivity contribution in [2.75, 3.05) is 11.9 Å². The number of fused-ring (bicyclic) bond motifs is 1. The number of imidazole rings is 1. The van der Waals surface area contributed by atoms with Crippen molar-refractivity contribution in [1.29, 1.82) is 0 Å². The van der Waals surface area contributed by atoms with Gasteiger partial charge in [-0.25, -0.2) is 18.6 Å². The molecule has 0 fully saturated rings. The number of carbonyl (C=O) groups is 3. The fourth-order valence-electron chi connectivity index (χ4n) is 4.59. The van der Waals surface area contributed by atoms with Crippen LogP contribution < -0.4 is 16.0 Å². The molecule has 0 saturated heterocycles. The van der Waals surface area contributed by atoms with Crippen LogP contribution in [-0.2, 0) is 20.9 Å². The largest absolute Gasteiger partial charge is 0.444 e. The number of unbranched alkanes of at least 4 members (excludes halogenated alkanes) is 2. The van der Waals surface area contributed by atoms with Crippen molar-refractivity contribution in [3.63, 3.8) is 0 Å². The number of nitrogens with zero attached hydrogens (tertiary/aromatic N) is 3. The predicted molar refractivity (Wildman–Crippen MR) is 163 cm³/mol. The SMILES string of the molecule is CCCCCNC(=O)CC(NC(=O)OC(C)(C)C)C(=O)N1C=Cn2c(nc(-c3cccc(F)c3)c2Nc2ccc(F)cc2)C1. The first kappa shape index (κ1) is 32.2. The van der Waals surface area contributed by atoms with E-state index in [1.165, 1.54) is 35.4 Å². The number of carbonyl (C=O) groups excluding carboxylic acids is 3. The Morgan fingerprint density at radius 1 is 1.02 bits per heavy atom. The first-order valence-corrected chi connectivity index (χ1v) is 14.6. The Labute approximate surface area is 255 Å². The summed E-state index contributed by atoms with van der Waals surface area (Å²) >= 11 is 0. The first-order chi connectivity index (χ1) is 20.9. The standard InChI is InChI=1S/C32H38F2N6O4/c1-5-6-7-15-35-27(41)19-25(37-31(43)44-32(2,3)4)30(42)39-16-17-40-26(20-39)38-28(21-9-8-10-23(34)18-21)29(40)36-24-13-11-22(33)12-14-24/h8-14,16-18,25,36H,5-7,15,19-20H2,1-4H3,(H,35,41)(H,37,43). The van der Waals surface area contributed by atoms with E-state index in [2.05, 4.69) is 22.9 Å². The number of hydrogen-bond donors (Lipinski definition) is 3. The van der Waals surface area contributed by atoms with Gasteiger partial charge in [0.25, 0.3) is 0 Å². The van der Waals surface area contributed by atoms with Crippen molar-refractivity contribution in [3.05, 3.63) is 72.2 Å². The number of benzene rings is 2. The summed E-state index contributed by atoms with van der Waals surface area (Å²) in [5.74, 6) is -0.838. The number of hydrogen-bond acceptors (Lipinski definition) is 6. The zero-order valence-electron chi connectivity index (χ0n) is 25.3. The van der Waals surface area contributed by atoms with Gasteiger partial charge in [0.15, 0.2) is 0 Å². The molecular formula is C32H38F2N6O4. The van der Waals surface area contributed by atoms with Crippen LogP contribution in [0.2, 0.25) is 0 Å². The van der Waals surface area contributed by atoms with Crippen molar-refractivity contribution >= 4 is 35.6 Å². The average molecular weight is 609 g/mol. The molecule has 44 heavy (non-hydrogen) atoms.